The number of amides is 1. The SMILES string of the molecule is CCCS(=O)(=O)N1CCC(C(=O)NCCN2CCCCC2)CC1. The van der Waals surface area contributed by atoms with Crippen molar-refractivity contribution in [2.75, 3.05) is 45.0 Å². The first-order valence-corrected chi connectivity index (χ1v) is 10.6. The molecule has 134 valence electrons. The number of nitrogens with zero attached hydrogens (tertiary/aromatic N) is 2. The van der Waals surface area contributed by atoms with E-state index in [1.165, 1.54) is 19.3 Å². The van der Waals surface area contributed by atoms with Gasteiger partial charge in [-0.2, -0.15) is 0 Å². The maximum Gasteiger partial charge on any atom is 0.223 e. The molecule has 2 aliphatic heterocycles. The van der Waals surface area contributed by atoms with Crippen molar-refractivity contribution < 1.29 is 13.2 Å². The van der Waals surface area contributed by atoms with Crippen molar-refractivity contribution in [3.8, 4) is 0 Å². The van der Waals surface area contributed by atoms with Crippen LogP contribution >= 0.6 is 0 Å². The minimum atomic E-state index is -3.12. The van der Waals surface area contributed by atoms with E-state index in [1.807, 2.05) is 6.92 Å². The summed E-state index contributed by atoms with van der Waals surface area (Å²) in [4.78, 5) is 14.6. The topological polar surface area (TPSA) is 69.7 Å². The molecule has 6 nitrogen and oxygen atoms in total. The maximum absolute atomic E-state index is 12.2. The van der Waals surface area contributed by atoms with Crippen molar-refractivity contribution in [2.45, 2.75) is 45.4 Å². The van der Waals surface area contributed by atoms with Gasteiger partial charge in [0, 0.05) is 32.1 Å². The van der Waals surface area contributed by atoms with Gasteiger partial charge in [-0.15, -0.1) is 0 Å². The normalized spacial score (nSPS) is 22.1. The van der Waals surface area contributed by atoms with Crippen LogP contribution in [0.4, 0.5) is 0 Å². The number of carbonyl (C=O) groups is 1. The van der Waals surface area contributed by atoms with Crippen LogP contribution in [0.15, 0.2) is 0 Å². The summed E-state index contributed by atoms with van der Waals surface area (Å²) in [5, 5.41) is 3.03. The van der Waals surface area contributed by atoms with Crippen LogP contribution in [-0.2, 0) is 14.8 Å². The van der Waals surface area contributed by atoms with Crippen LogP contribution in [0, 0.1) is 5.92 Å². The summed E-state index contributed by atoms with van der Waals surface area (Å²) in [5.74, 6) is 0.263. The monoisotopic (exact) mass is 345 g/mol. The van der Waals surface area contributed by atoms with E-state index in [2.05, 4.69) is 10.2 Å². The summed E-state index contributed by atoms with van der Waals surface area (Å²) in [6.07, 6.45) is 5.76. The van der Waals surface area contributed by atoms with E-state index >= 15 is 0 Å². The molecular formula is C16H31N3O3S. The number of sulfonamides is 1. The van der Waals surface area contributed by atoms with Crippen LogP contribution in [0.1, 0.15) is 45.4 Å². The lowest BCUT2D eigenvalue weighted by molar-refractivity contribution is -0.126. The number of nitrogens with one attached hydrogen (secondary N) is 1. The molecule has 2 aliphatic rings. The van der Waals surface area contributed by atoms with Crippen molar-refractivity contribution in [1.29, 1.82) is 0 Å². The van der Waals surface area contributed by atoms with Crippen LogP contribution in [-0.4, -0.2) is 68.6 Å². The van der Waals surface area contributed by atoms with E-state index in [4.69, 9.17) is 0 Å². The van der Waals surface area contributed by atoms with Gasteiger partial charge in [-0.1, -0.05) is 13.3 Å². The van der Waals surface area contributed by atoms with Gasteiger partial charge in [0.2, 0.25) is 15.9 Å². The number of rotatable bonds is 7. The van der Waals surface area contributed by atoms with Gasteiger partial charge in [0.15, 0.2) is 0 Å². The Morgan fingerprint density at radius 1 is 1.09 bits per heavy atom. The average Bonchev–Trinajstić information content (AvgIpc) is 2.56. The van der Waals surface area contributed by atoms with Gasteiger partial charge < -0.3 is 10.2 Å². The zero-order valence-corrected chi connectivity index (χ0v) is 15.1. The molecule has 2 rings (SSSR count). The molecule has 0 spiro atoms. The Morgan fingerprint density at radius 2 is 1.74 bits per heavy atom. The van der Waals surface area contributed by atoms with Crippen LogP contribution < -0.4 is 5.32 Å². The van der Waals surface area contributed by atoms with Crippen molar-refractivity contribution in [3.05, 3.63) is 0 Å². The summed E-state index contributed by atoms with van der Waals surface area (Å²) in [6.45, 7) is 6.74. The van der Waals surface area contributed by atoms with Gasteiger partial charge in [0.05, 0.1) is 5.75 Å². The fourth-order valence-electron chi connectivity index (χ4n) is 3.45. The zero-order chi connectivity index (χ0) is 16.7. The van der Waals surface area contributed by atoms with E-state index in [9.17, 15) is 13.2 Å². The number of likely N-dealkylation sites (tertiary alicyclic amines) is 1. The highest BCUT2D eigenvalue weighted by Crippen LogP contribution is 2.20. The number of hydrogen-bond donors (Lipinski definition) is 1. The number of hydrogen-bond acceptors (Lipinski definition) is 4. The summed E-state index contributed by atoms with van der Waals surface area (Å²) in [5.41, 5.74) is 0. The van der Waals surface area contributed by atoms with Crippen LogP contribution in [0.5, 0.6) is 0 Å². The fraction of sp³-hybridized carbons (Fsp3) is 0.938. The molecule has 0 aliphatic carbocycles. The Balaban J connectivity index is 1.67. The Morgan fingerprint density at radius 3 is 2.35 bits per heavy atom. The van der Waals surface area contributed by atoms with Gasteiger partial charge in [0.1, 0.15) is 0 Å². The van der Waals surface area contributed by atoms with E-state index in [0.717, 1.165) is 19.6 Å². The van der Waals surface area contributed by atoms with E-state index in [1.54, 1.807) is 4.31 Å². The molecule has 1 N–H and O–H groups in total. The van der Waals surface area contributed by atoms with Crippen molar-refractivity contribution in [1.82, 2.24) is 14.5 Å². The molecule has 7 heteroatoms. The second-order valence-corrected chi connectivity index (χ2v) is 8.77. The van der Waals surface area contributed by atoms with Crippen molar-refractivity contribution >= 4 is 15.9 Å². The quantitative estimate of drug-likeness (QED) is 0.748. The smallest absolute Gasteiger partial charge is 0.223 e. The summed E-state index contributed by atoms with van der Waals surface area (Å²) in [6, 6.07) is 0. The highest BCUT2D eigenvalue weighted by atomic mass is 32.2. The molecule has 23 heavy (non-hydrogen) atoms. The molecule has 0 radical (unpaired) electrons. The van der Waals surface area contributed by atoms with Crippen molar-refractivity contribution in [2.24, 2.45) is 5.92 Å². The van der Waals surface area contributed by atoms with Gasteiger partial charge in [-0.3, -0.25) is 4.79 Å². The standard InChI is InChI=1S/C16H31N3O3S/c1-2-14-23(21,22)19-11-6-15(7-12-19)16(20)17-8-13-18-9-4-3-5-10-18/h15H,2-14H2,1H3,(H,17,20). The Bertz CT molecular complexity index is 467. The lowest BCUT2D eigenvalue weighted by atomic mass is 9.97. The minimum Gasteiger partial charge on any atom is -0.355 e. The second kappa shape index (κ2) is 8.99. The molecule has 0 saturated carbocycles. The molecule has 0 unspecified atom stereocenters. The molecule has 1 amide bonds. The predicted octanol–water partition coefficient (Wildman–Crippen LogP) is 1.04. The largest absolute Gasteiger partial charge is 0.355 e. The van der Waals surface area contributed by atoms with Gasteiger partial charge in [0.25, 0.3) is 0 Å². The third-order valence-electron chi connectivity index (χ3n) is 4.86. The fourth-order valence-corrected chi connectivity index (χ4v) is 4.99. The first-order chi connectivity index (χ1) is 11.0. The molecule has 2 heterocycles. The molecular weight excluding hydrogens is 314 g/mol. The lowest BCUT2D eigenvalue weighted by Gasteiger charge is -2.31. The Hall–Kier alpha value is -0.660. The highest BCUT2D eigenvalue weighted by molar-refractivity contribution is 7.89. The Labute approximate surface area is 140 Å². The first-order valence-electron chi connectivity index (χ1n) is 9.01. The third-order valence-corrected chi connectivity index (χ3v) is 6.93. The van der Waals surface area contributed by atoms with E-state index < -0.39 is 10.0 Å². The third kappa shape index (κ3) is 5.72. The number of piperidine rings is 2. The van der Waals surface area contributed by atoms with Gasteiger partial charge in [-0.05, 0) is 45.2 Å². The molecule has 0 aromatic carbocycles. The average molecular weight is 346 g/mol. The van der Waals surface area contributed by atoms with Crippen LogP contribution in [0.2, 0.25) is 0 Å². The summed E-state index contributed by atoms with van der Waals surface area (Å²) in [7, 11) is -3.12. The van der Waals surface area contributed by atoms with E-state index in [-0.39, 0.29) is 17.6 Å². The van der Waals surface area contributed by atoms with Crippen LogP contribution in [0.3, 0.4) is 0 Å². The molecule has 0 aromatic rings. The summed E-state index contributed by atoms with van der Waals surface area (Å²) >= 11 is 0. The lowest BCUT2D eigenvalue weighted by Crippen LogP contribution is -2.45. The Kier molecular flexibility index (Phi) is 7.30. The first kappa shape index (κ1) is 18.7. The molecule has 2 saturated heterocycles. The second-order valence-electron chi connectivity index (χ2n) is 6.68. The summed E-state index contributed by atoms with van der Waals surface area (Å²) < 4.78 is 25.6. The minimum absolute atomic E-state index is 0.0376. The number of carbonyl (C=O) groups excluding carboxylic acids is 1. The van der Waals surface area contributed by atoms with Gasteiger partial charge >= 0.3 is 0 Å². The maximum atomic E-state index is 12.2. The highest BCUT2D eigenvalue weighted by Gasteiger charge is 2.30. The molecule has 0 bridgehead atoms. The zero-order valence-electron chi connectivity index (χ0n) is 14.3. The molecule has 0 atom stereocenters. The molecule has 0 aromatic heterocycles. The van der Waals surface area contributed by atoms with Crippen LogP contribution in [0.25, 0.3) is 0 Å². The van der Waals surface area contributed by atoms with Crippen molar-refractivity contribution in [3.63, 3.8) is 0 Å². The predicted molar refractivity (Wildman–Crippen MR) is 91.7 cm³/mol. The van der Waals surface area contributed by atoms with Gasteiger partial charge in [-0.25, -0.2) is 12.7 Å². The van der Waals surface area contributed by atoms with E-state index in [0.29, 0.717) is 38.9 Å². The molecule has 2 fully saturated rings.